The van der Waals surface area contributed by atoms with Gasteiger partial charge in [0.05, 0.1) is 11.7 Å². The van der Waals surface area contributed by atoms with Crippen molar-refractivity contribution in [2.45, 2.75) is 52.9 Å². The van der Waals surface area contributed by atoms with Gasteiger partial charge in [-0.3, -0.25) is 0 Å². The first-order valence-corrected chi connectivity index (χ1v) is 8.08. The van der Waals surface area contributed by atoms with E-state index < -0.39 is 0 Å². The fourth-order valence-electron chi connectivity index (χ4n) is 3.56. The highest BCUT2D eigenvalue weighted by Crippen LogP contribution is 2.51. The van der Waals surface area contributed by atoms with Crippen LogP contribution in [-0.2, 0) is 6.42 Å². The molecule has 19 heavy (non-hydrogen) atoms. The summed E-state index contributed by atoms with van der Waals surface area (Å²) in [6, 6.07) is 4.47. The molecular formula is C16H22N2S. The molecule has 2 aromatic rings. The summed E-state index contributed by atoms with van der Waals surface area (Å²) in [5.74, 6) is 0.833. The predicted octanol–water partition coefficient (Wildman–Crippen LogP) is 4.76. The van der Waals surface area contributed by atoms with E-state index in [0.29, 0.717) is 5.41 Å². The lowest BCUT2D eigenvalue weighted by atomic mass is 9.57. The summed E-state index contributed by atoms with van der Waals surface area (Å²) in [6.07, 6.45) is 6.62. The Morgan fingerprint density at radius 2 is 2.11 bits per heavy atom. The normalized spacial score (nSPS) is 26.6. The summed E-state index contributed by atoms with van der Waals surface area (Å²) in [7, 11) is 0. The molecule has 3 rings (SSSR count). The largest absolute Gasteiger partial charge is 0.173 e. The highest BCUT2D eigenvalue weighted by atomic mass is 32.1. The van der Waals surface area contributed by atoms with Crippen LogP contribution in [0.3, 0.4) is 0 Å². The number of fused-ring (bicyclic) bond motifs is 1. The third-order valence-corrected chi connectivity index (χ3v) is 5.57. The van der Waals surface area contributed by atoms with Gasteiger partial charge in [-0.05, 0) is 55.1 Å². The Morgan fingerprint density at radius 3 is 2.79 bits per heavy atom. The molecular weight excluding hydrogens is 252 g/mol. The van der Waals surface area contributed by atoms with Crippen molar-refractivity contribution in [2.75, 3.05) is 0 Å². The van der Waals surface area contributed by atoms with E-state index in [1.807, 2.05) is 0 Å². The molecule has 0 radical (unpaired) electrons. The van der Waals surface area contributed by atoms with Gasteiger partial charge in [0, 0.05) is 0 Å². The second-order valence-electron chi connectivity index (χ2n) is 6.35. The molecule has 0 N–H and O–H groups in total. The molecule has 1 aliphatic carbocycles. The van der Waals surface area contributed by atoms with E-state index in [2.05, 4.69) is 41.7 Å². The number of nitrogens with zero attached hydrogens (tertiary/aromatic N) is 2. The Labute approximate surface area is 119 Å². The van der Waals surface area contributed by atoms with Gasteiger partial charge >= 0.3 is 0 Å². The van der Waals surface area contributed by atoms with E-state index in [4.69, 9.17) is 0 Å². The molecule has 2 unspecified atom stereocenters. The van der Waals surface area contributed by atoms with E-state index in [1.165, 1.54) is 55.0 Å². The van der Waals surface area contributed by atoms with E-state index in [1.54, 1.807) is 0 Å². The van der Waals surface area contributed by atoms with Crippen molar-refractivity contribution >= 4 is 22.8 Å². The average molecular weight is 274 g/mol. The summed E-state index contributed by atoms with van der Waals surface area (Å²) in [5, 5.41) is 0. The van der Waals surface area contributed by atoms with Gasteiger partial charge in [-0.2, -0.15) is 8.75 Å². The monoisotopic (exact) mass is 274 g/mol. The van der Waals surface area contributed by atoms with Gasteiger partial charge in [0.25, 0.3) is 0 Å². The highest BCUT2D eigenvalue weighted by molar-refractivity contribution is 7.00. The van der Waals surface area contributed by atoms with E-state index in [9.17, 15) is 0 Å². The van der Waals surface area contributed by atoms with Crippen LogP contribution in [0.4, 0.5) is 0 Å². The Bertz CT molecular complexity index is 589. The Balaban J connectivity index is 1.86. The van der Waals surface area contributed by atoms with Crippen molar-refractivity contribution in [1.82, 2.24) is 8.75 Å². The molecule has 2 nitrogen and oxygen atoms in total. The number of aryl methyl sites for hydroxylation is 1. The molecule has 102 valence electrons. The topological polar surface area (TPSA) is 25.8 Å². The van der Waals surface area contributed by atoms with Crippen LogP contribution < -0.4 is 0 Å². The minimum absolute atomic E-state index is 0.565. The van der Waals surface area contributed by atoms with Gasteiger partial charge in [-0.1, -0.05) is 32.4 Å². The highest BCUT2D eigenvalue weighted by Gasteiger charge is 2.41. The Kier molecular flexibility index (Phi) is 3.34. The molecule has 1 aromatic carbocycles. The molecule has 1 saturated carbocycles. The van der Waals surface area contributed by atoms with Crippen molar-refractivity contribution in [3.63, 3.8) is 0 Å². The number of rotatable bonds is 4. The summed E-state index contributed by atoms with van der Waals surface area (Å²) < 4.78 is 8.95. The van der Waals surface area contributed by atoms with E-state index >= 15 is 0 Å². The maximum atomic E-state index is 4.52. The third kappa shape index (κ3) is 2.18. The van der Waals surface area contributed by atoms with Gasteiger partial charge in [0.15, 0.2) is 0 Å². The predicted molar refractivity (Wildman–Crippen MR) is 81.6 cm³/mol. The molecule has 1 aliphatic rings. The first-order valence-electron chi connectivity index (χ1n) is 7.35. The fourth-order valence-corrected chi connectivity index (χ4v) is 4.20. The molecule has 1 aromatic heterocycles. The Hall–Kier alpha value is -0.960. The lowest BCUT2D eigenvalue weighted by molar-refractivity contribution is 0.0403. The molecule has 1 fully saturated rings. The van der Waals surface area contributed by atoms with Crippen molar-refractivity contribution in [3.05, 3.63) is 23.3 Å². The fraction of sp³-hybridized carbons (Fsp3) is 0.625. The van der Waals surface area contributed by atoms with Crippen LogP contribution in [0.5, 0.6) is 0 Å². The molecule has 0 aliphatic heterocycles. The average Bonchev–Trinajstić information content (AvgIpc) is 2.87. The molecule has 2 atom stereocenters. The summed E-state index contributed by atoms with van der Waals surface area (Å²) in [4.78, 5) is 0. The minimum atomic E-state index is 0.565. The van der Waals surface area contributed by atoms with Crippen molar-refractivity contribution < 1.29 is 0 Å². The zero-order chi connectivity index (χ0) is 13.5. The molecule has 1 heterocycles. The molecule has 0 amide bonds. The van der Waals surface area contributed by atoms with Crippen LogP contribution in [0.2, 0.25) is 0 Å². The number of aromatic nitrogens is 2. The second-order valence-corrected chi connectivity index (χ2v) is 6.88. The summed E-state index contributed by atoms with van der Waals surface area (Å²) in [6.45, 7) is 6.89. The van der Waals surface area contributed by atoms with Gasteiger partial charge in [0.2, 0.25) is 0 Å². The van der Waals surface area contributed by atoms with Crippen molar-refractivity contribution in [2.24, 2.45) is 11.3 Å². The number of hydrogen-bond donors (Lipinski definition) is 0. The molecule has 0 spiro atoms. The lowest BCUT2D eigenvalue weighted by Gasteiger charge is -2.48. The van der Waals surface area contributed by atoms with Crippen LogP contribution in [0.15, 0.2) is 12.1 Å². The summed E-state index contributed by atoms with van der Waals surface area (Å²) >= 11 is 1.34. The van der Waals surface area contributed by atoms with Gasteiger partial charge in [0.1, 0.15) is 11.0 Å². The molecule has 0 bridgehead atoms. The first-order chi connectivity index (χ1) is 9.14. The minimum Gasteiger partial charge on any atom is -0.173 e. The van der Waals surface area contributed by atoms with Crippen LogP contribution in [0.25, 0.3) is 11.0 Å². The van der Waals surface area contributed by atoms with E-state index in [-0.39, 0.29) is 0 Å². The molecule has 0 saturated heterocycles. The smallest absolute Gasteiger partial charge is 0.108 e. The summed E-state index contributed by atoms with van der Waals surface area (Å²) in [5.41, 5.74) is 5.48. The van der Waals surface area contributed by atoms with E-state index in [0.717, 1.165) is 17.0 Å². The van der Waals surface area contributed by atoms with Crippen LogP contribution in [0.1, 0.15) is 50.7 Å². The lowest BCUT2D eigenvalue weighted by Crippen LogP contribution is -2.38. The number of hydrogen-bond acceptors (Lipinski definition) is 3. The quantitative estimate of drug-likeness (QED) is 0.803. The van der Waals surface area contributed by atoms with Crippen LogP contribution in [0, 0.1) is 18.3 Å². The van der Waals surface area contributed by atoms with Gasteiger partial charge in [-0.15, -0.1) is 0 Å². The maximum Gasteiger partial charge on any atom is 0.108 e. The third-order valence-electron chi connectivity index (χ3n) is 5.04. The maximum absolute atomic E-state index is 4.52. The zero-order valence-corrected chi connectivity index (χ0v) is 12.9. The standard InChI is InChI=1S/C16H22N2S/c1-4-8-16(3)9-7-13(16)10-12-6-5-11(2)14-15(12)18-19-17-14/h5-6,13H,4,7-10H2,1-3H3. The second kappa shape index (κ2) is 4.86. The van der Waals surface area contributed by atoms with Gasteiger partial charge in [-0.25, -0.2) is 0 Å². The first kappa shape index (κ1) is 13.0. The molecule has 3 heteroatoms. The zero-order valence-electron chi connectivity index (χ0n) is 12.1. The number of benzene rings is 1. The van der Waals surface area contributed by atoms with Gasteiger partial charge < -0.3 is 0 Å². The van der Waals surface area contributed by atoms with Crippen LogP contribution in [-0.4, -0.2) is 8.75 Å². The SMILES string of the molecule is CCCC1(C)CCC1Cc1ccc(C)c2nsnc12. The van der Waals surface area contributed by atoms with Crippen molar-refractivity contribution in [1.29, 1.82) is 0 Å². The van der Waals surface area contributed by atoms with Crippen LogP contribution >= 0.6 is 11.7 Å². The Morgan fingerprint density at radius 1 is 1.32 bits per heavy atom. The van der Waals surface area contributed by atoms with Crippen molar-refractivity contribution in [3.8, 4) is 0 Å².